The molecule has 0 radical (unpaired) electrons. The molecular formula is C21H18BrN3O2. The van der Waals surface area contributed by atoms with Gasteiger partial charge < -0.3 is 10.1 Å². The molecule has 0 amide bonds. The van der Waals surface area contributed by atoms with E-state index >= 15 is 0 Å². The van der Waals surface area contributed by atoms with E-state index in [4.69, 9.17) is 9.72 Å². The number of ether oxygens (including phenoxy) is 1. The Hall–Kier alpha value is -2.86. The SMILES string of the molecule is C=CCOC(=O)C1=C(C)Nc2nc3ccccc3n2[C@@H]1c1ccc(Br)cc1. The predicted molar refractivity (Wildman–Crippen MR) is 109 cm³/mol. The fourth-order valence-electron chi connectivity index (χ4n) is 3.40. The molecule has 136 valence electrons. The zero-order valence-corrected chi connectivity index (χ0v) is 16.4. The lowest BCUT2D eigenvalue weighted by Crippen LogP contribution is -2.29. The number of anilines is 1. The predicted octanol–water partition coefficient (Wildman–Crippen LogP) is 4.82. The van der Waals surface area contributed by atoms with Gasteiger partial charge in [-0.15, -0.1) is 0 Å². The first-order valence-corrected chi connectivity index (χ1v) is 9.37. The van der Waals surface area contributed by atoms with E-state index in [9.17, 15) is 4.79 Å². The summed E-state index contributed by atoms with van der Waals surface area (Å²) in [6.07, 6.45) is 1.57. The Morgan fingerprint density at radius 3 is 2.78 bits per heavy atom. The van der Waals surface area contributed by atoms with Crippen LogP contribution in [0, 0.1) is 0 Å². The summed E-state index contributed by atoms with van der Waals surface area (Å²) in [5, 5.41) is 3.26. The molecule has 3 aromatic rings. The van der Waals surface area contributed by atoms with Crippen LogP contribution in [0.15, 0.2) is 76.9 Å². The summed E-state index contributed by atoms with van der Waals surface area (Å²) < 4.78 is 8.41. The fraction of sp³-hybridized carbons (Fsp3) is 0.143. The van der Waals surface area contributed by atoms with E-state index in [0.29, 0.717) is 11.5 Å². The molecule has 4 rings (SSSR count). The summed E-state index contributed by atoms with van der Waals surface area (Å²) in [4.78, 5) is 17.6. The molecule has 2 heterocycles. The number of fused-ring (bicyclic) bond motifs is 3. The van der Waals surface area contributed by atoms with E-state index in [1.807, 2.05) is 55.5 Å². The van der Waals surface area contributed by atoms with Gasteiger partial charge in [-0.05, 0) is 36.8 Å². The molecular weight excluding hydrogens is 406 g/mol. The van der Waals surface area contributed by atoms with Gasteiger partial charge in [0, 0.05) is 10.2 Å². The molecule has 1 N–H and O–H groups in total. The summed E-state index contributed by atoms with van der Waals surface area (Å²) >= 11 is 3.48. The Morgan fingerprint density at radius 2 is 2.04 bits per heavy atom. The lowest BCUT2D eigenvalue weighted by atomic mass is 9.95. The van der Waals surface area contributed by atoms with Gasteiger partial charge in [-0.1, -0.05) is 52.9 Å². The van der Waals surface area contributed by atoms with Gasteiger partial charge in [-0.2, -0.15) is 0 Å². The minimum Gasteiger partial charge on any atom is -0.458 e. The number of carbonyl (C=O) groups is 1. The first-order valence-electron chi connectivity index (χ1n) is 8.58. The van der Waals surface area contributed by atoms with Gasteiger partial charge in [0.25, 0.3) is 0 Å². The summed E-state index contributed by atoms with van der Waals surface area (Å²) in [5.41, 5.74) is 4.11. The van der Waals surface area contributed by atoms with Crippen molar-refractivity contribution in [3.05, 3.63) is 82.5 Å². The lowest BCUT2D eigenvalue weighted by molar-refractivity contribution is -0.138. The van der Waals surface area contributed by atoms with Crippen LogP contribution in [0.5, 0.6) is 0 Å². The summed E-state index contributed by atoms with van der Waals surface area (Å²) in [5.74, 6) is 0.345. The highest BCUT2D eigenvalue weighted by Crippen LogP contribution is 2.39. The van der Waals surface area contributed by atoms with Crippen molar-refractivity contribution in [1.82, 2.24) is 9.55 Å². The number of carbonyl (C=O) groups excluding carboxylic acids is 1. The maximum absolute atomic E-state index is 12.9. The van der Waals surface area contributed by atoms with Crippen molar-refractivity contribution in [1.29, 1.82) is 0 Å². The molecule has 1 aliphatic heterocycles. The Balaban J connectivity index is 1.93. The number of hydrogen-bond donors (Lipinski definition) is 1. The highest BCUT2D eigenvalue weighted by atomic mass is 79.9. The van der Waals surface area contributed by atoms with E-state index < -0.39 is 0 Å². The van der Waals surface area contributed by atoms with E-state index in [1.165, 1.54) is 0 Å². The fourth-order valence-corrected chi connectivity index (χ4v) is 3.67. The Kier molecular flexibility index (Phi) is 4.58. The average molecular weight is 424 g/mol. The number of esters is 1. The molecule has 0 spiro atoms. The van der Waals surface area contributed by atoms with Crippen LogP contribution < -0.4 is 5.32 Å². The van der Waals surface area contributed by atoms with E-state index in [-0.39, 0.29) is 18.6 Å². The number of imidazole rings is 1. The standard InChI is InChI=1S/C21H18BrN3O2/c1-3-12-27-20(26)18-13(2)23-21-24-16-6-4-5-7-17(16)25(21)19(18)14-8-10-15(22)11-9-14/h3-11,19H,1,12H2,2H3,(H,23,24)/t19-/m1/s1. The second-order valence-electron chi connectivity index (χ2n) is 6.30. The molecule has 1 atom stereocenters. The molecule has 0 bridgehead atoms. The van der Waals surface area contributed by atoms with Crippen molar-refractivity contribution in [2.24, 2.45) is 0 Å². The number of benzene rings is 2. The minimum absolute atomic E-state index is 0.167. The molecule has 0 saturated carbocycles. The molecule has 6 heteroatoms. The second kappa shape index (κ2) is 7.04. The van der Waals surface area contributed by atoms with Crippen LogP contribution >= 0.6 is 15.9 Å². The van der Waals surface area contributed by atoms with Crippen molar-refractivity contribution in [2.75, 3.05) is 11.9 Å². The number of nitrogens with zero attached hydrogens (tertiary/aromatic N) is 2. The molecule has 27 heavy (non-hydrogen) atoms. The van der Waals surface area contributed by atoms with Crippen LogP contribution in [0.4, 0.5) is 5.95 Å². The molecule has 1 aromatic heterocycles. The first-order chi connectivity index (χ1) is 13.1. The summed E-state index contributed by atoms with van der Waals surface area (Å²) in [6.45, 7) is 5.66. The van der Waals surface area contributed by atoms with E-state index in [0.717, 1.165) is 26.8 Å². The third-order valence-corrected chi connectivity index (χ3v) is 5.10. The number of halogens is 1. The lowest BCUT2D eigenvalue weighted by Gasteiger charge is -2.30. The number of nitrogens with one attached hydrogen (secondary N) is 1. The topological polar surface area (TPSA) is 56.1 Å². The Bertz CT molecular complexity index is 1070. The normalized spacial score (nSPS) is 16.0. The van der Waals surface area contributed by atoms with Gasteiger partial charge in [-0.3, -0.25) is 4.57 Å². The van der Waals surface area contributed by atoms with Crippen molar-refractivity contribution in [3.8, 4) is 0 Å². The Labute approximate surface area is 165 Å². The largest absolute Gasteiger partial charge is 0.458 e. The zero-order valence-electron chi connectivity index (χ0n) is 14.8. The van der Waals surface area contributed by atoms with Crippen molar-refractivity contribution in [3.63, 3.8) is 0 Å². The highest BCUT2D eigenvalue weighted by molar-refractivity contribution is 9.10. The Morgan fingerprint density at radius 1 is 1.30 bits per heavy atom. The zero-order chi connectivity index (χ0) is 19.0. The monoisotopic (exact) mass is 423 g/mol. The van der Waals surface area contributed by atoms with Crippen LogP contribution in [-0.2, 0) is 9.53 Å². The van der Waals surface area contributed by atoms with Crippen molar-refractivity contribution in [2.45, 2.75) is 13.0 Å². The van der Waals surface area contributed by atoms with E-state index in [1.54, 1.807) is 6.08 Å². The number of allylic oxidation sites excluding steroid dienone is 1. The van der Waals surface area contributed by atoms with Gasteiger partial charge in [0.15, 0.2) is 0 Å². The number of rotatable bonds is 4. The van der Waals surface area contributed by atoms with Gasteiger partial charge in [0.05, 0.1) is 22.6 Å². The molecule has 0 aliphatic carbocycles. The number of aromatic nitrogens is 2. The molecule has 0 saturated heterocycles. The molecule has 0 unspecified atom stereocenters. The van der Waals surface area contributed by atoms with Crippen molar-refractivity contribution >= 4 is 38.9 Å². The molecule has 2 aromatic carbocycles. The molecule has 1 aliphatic rings. The first kappa shape index (κ1) is 17.5. The maximum atomic E-state index is 12.9. The van der Waals surface area contributed by atoms with Crippen LogP contribution in [0.2, 0.25) is 0 Å². The molecule has 0 fully saturated rings. The summed E-state index contributed by atoms with van der Waals surface area (Å²) in [7, 11) is 0. The number of hydrogen-bond acceptors (Lipinski definition) is 4. The quantitative estimate of drug-likeness (QED) is 0.482. The van der Waals surface area contributed by atoms with Gasteiger partial charge in [-0.25, -0.2) is 9.78 Å². The third kappa shape index (κ3) is 3.06. The maximum Gasteiger partial charge on any atom is 0.338 e. The van der Waals surface area contributed by atoms with Crippen LogP contribution in [-0.4, -0.2) is 22.1 Å². The van der Waals surface area contributed by atoms with Crippen molar-refractivity contribution < 1.29 is 9.53 Å². The van der Waals surface area contributed by atoms with Crippen LogP contribution in [0.3, 0.4) is 0 Å². The number of para-hydroxylation sites is 2. The third-order valence-electron chi connectivity index (χ3n) is 4.57. The average Bonchev–Trinajstić information content (AvgIpc) is 3.03. The summed E-state index contributed by atoms with van der Waals surface area (Å²) in [6, 6.07) is 15.5. The van der Waals surface area contributed by atoms with E-state index in [2.05, 4.69) is 32.4 Å². The highest BCUT2D eigenvalue weighted by Gasteiger charge is 2.34. The second-order valence-corrected chi connectivity index (χ2v) is 7.21. The minimum atomic E-state index is -0.365. The van der Waals surface area contributed by atoms with Gasteiger partial charge >= 0.3 is 5.97 Å². The smallest absolute Gasteiger partial charge is 0.338 e. The van der Waals surface area contributed by atoms with Crippen LogP contribution in [0.25, 0.3) is 11.0 Å². The van der Waals surface area contributed by atoms with Gasteiger partial charge in [0.2, 0.25) is 5.95 Å². The van der Waals surface area contributed by atoms with Crippen LogP contribution in [0.1, 0.15) is 18.5 Å². The molecule has 5 nitrogen and oxygen atoms in total. The van der Waals surface area contributed by atoms with Gasteiger partial charge in [0.1, 0.15) is 6.61 Å².